The van der Waals surface area contributed by atoms with Gasteiger partial charge < -0.3 is 35.8 Å². The first kappa shape index (κ1) is 37.7. The van der Waals surface area contributed by atoms with E-state index in [1.165, 1.54) is 115 Å². The Hall–Kier alpha value is -3.50. The average molecular weight is 633 g/mol. The van der Waals surface area contributed by atoms with Gasteiger partial charge in [-0.05, 0) is 36.8 Å². The molecule has 2 rings (SSSR count). The normalized spacial score (nSPS) is 17.0. The third-order valence-electron chi connectivity index (χ3n) is 8.19. The van der Waals surface area contributed by atoms with Gasteiger partial charge in [0.25, 0.3) is 0 Å². The third-order valence-corrected chi connectivity index (χ3v) is 8.19. The highest BCUT2D eigenvalue weighted by Crippen LogP contribution is 2.29. The lowest BCUT2D eigenvalue weighted by molar-refractivity contribution is 0.0673. The van der Waals surface area contributed by atoms with Gasteiger partial charge in [-0.2, -0.15) is 0 Å². The highest BCUT2D eigenvalue weighted by atomic mass is 16.6. The van der Waals surface area contributed by atoms with E-state index in [1.54, 1.807) is 0 Å². The molecule has 5 N–H and O–H groups in total. The summed E-state index contributed by atoms with van der Waals surface area (Å²) in [7, 11) is 0. The van der Waals surface area contributed by atoms with Crippen LogP contribution in [0.4, 0.5) is 14.4 Å². The van der Waals surface area contributed by atoms with Crippen LogP contribution in [-0.2, 0) is 19.0 Å². The maximum atomic E-state index is 12.0. The molecule has 11 heteroatoms. The molecule has 0 bridgehead atoms. The van der Waals surface area contributed by atoms with Crippen molar-refractivity contribution >= 4 is 24.0 Å². The molecule has 1 aromatic carbocycles. The van der Waals surface area contributed by atoms with E-state index in [2.05, 4.69) is 44.2 Å². The first-order valence-electron chi connectivity index (χ1n) is 16.9. The van der Waals surface area contributed by atoms with Gasteiger partial charge in [0.1, 0.15) is 25.9 Å². The minimum Gasteiger partial charge on any atom is -0.447 e. The van der Waals surface area contributed by atoms with E-state index in [0.29, 0.717) is 5.92 Å². The van der Waals surface area contributed by atoms with E-state index in [9.17, 15) is 14.4 Å². The molecule has 0 heterocycles. The van der Waals surface area contributed by atoms with E-state index in [4.69, 9.17) is 21.0 Å². The van der Waals surface area contributed by atoms with Crippen molar-refractivity contribution in [1.82, 2.24) is 5.32 Å². The molecule has 1 aliphatic rings. The van der Waals surface area contributed by atoms with Gasteiger partial charge in [0.2, 0.25) is 0 Å². The molecular formula is C34H56N4O7. The predicted octanol–water partition coefficient (Wildman–Crippen LogP) is 7.44. The lowest BCUT2D eigenvalue weighted by atomic mass is 9.87. The summed E-state index contributed by atoms with van der Waals surface area (Å²) >= 11 is 0. The fraction of sp³-hybridized carbons (Fsp3) is 0.706. The maximum Gasteiger partial charge on any atom is 0.407 e. The molecule has 0 saturated heterocycles. The number of primary amides is 2. The smallest absolute Gasteiger partial charge is 0.407 e. The fourth-order valence-electron chi connectivity index (χ4n) is 5.63. The van der Waals surface area contributed by atoms with Crippen LogP contribution in [0, 0.1) is 0 Å². The summed E-state index contributed by atoms with van der Waals surface area (Å²) in [6.45, 7) is 1.18. The van der Waals surface area contributed by atoms with Crippen LogP contribution in [0.2, 0.25) is 0 Å². The number of carbonyl (C=O) groups is 3. The van der Waals surface area contributed by atoms with Crippen LogP contribution in [0.5, 0.6) is 0 Å². The summed E-state index contributed by atoms with van der Waals surface area (Å²) in [6.07, 6.45) is 20.2. The van der Waals surface area contributed by atoms with Crippen molar-refractivity contribution in [1.29, 1.82) is 0 Å². The van der Waals surface area contributed by atoms with Gasteiger partial charge in [0.15, 0.2) is 6.61 Å². The summed E-state index contributed by atoms with van der Waals surface area (Å²) in [5, 5.41) is 6.57. The number of hydrogen-bond acceptors (Lipinski definition) is 8. The Bertz CT molecular complexity index is 967. The highest BCUT2D eigenvalue weighted by molar-refractivity contribution is 5.98. The van der Waals surface area contributed by atoms with Crippen LogP contribution >= 0.6 is 0 Å². The third kappa shape index (κ3) is 18.8. The van der Waals surface area contributed by atoms with E-state index >= 15 is 0 Å². The Morgan fingerprint density at radius 1 is 0.711 bits per heavy atom. The number of nitrogens with two attached hydrogens (primary N) is 2. The summed E-state index contributed by atoms with van der Waals surface area (Å²) in [5.74, 6) is 0.596. The van der Waals surface area contributed by atoms with Crippen molar-refractivity contribution < 1.29 is 33.4 Å². The van der Waals surface area contributed by atoms with Gasteiger partial charge in [0.05, 0.1) is 5.71 Å². The Labute approximate surface area is 269 Å². The number of ether oxygens (including phenoxy) is 3. The number of carbonyl (C=O) groups excluding carboxylic acids is 3. The summed E-state index contributed by atoms with van der Waals surface area (Å²) in [6, 6.07) is 7.80. The molecule has 1 aliphatic carbocycles. The zero-order valence-electron chi connectivity index (χ0n) is 27.3. The van der Waals surface area contributed by atoms with Gasteiger partial charge in [-0.3, -0.25) is 0 Å². The van der Waals surface area contributed by atoms with Crippen LogP contribution < -0.4 is 16.8 Å². The quantitative estimate of drug-likeness (QED) is 0.0987. The van der Waals surface area contributed by atoms with Crippen LogP contribution in [0.25, 0.3) is 0 Å². The molecule has 0 unspecified atom stereocenters. The highest BCUT2D eigenvalue weighted by Gasteiger charge is 2.17. The monoisotopic (exact) mass is 632 g/mol. The SMILES string of the molecule is C/C(=N\OCCOC(=O)NC(COC(N)=O)COC(N)=O)c1ccc(C2CCCCCCCCCCCCCCCCC2)cc1. The largest absolute Gasteiger partial charge is 0.447 e. The second kappa shape index (κ2) is 23.8. The number of nitrogens with one attached hydrogen (secondary N) is 1. The summed E-state index contributed by atoms with van der Waals surface area (Å²) in [4.78, 5) is 39.1. The molecule has 3 amide bonds. The van der Waals surface area contributed by atoms with E-state index in [-0.39, 0.29) is 26.4 Å². The van der Waals surface area contributed by atoms with Crippen molar-refractivity contribution in [2.24, 2.45) is 16.6 Å². The molecule has 0 atom stereocenters. The number of rotatable bonds is 11. The average Bonchev–Trinajstić information content (AvgIpc) is 3.02. The van der Waals surface area contributed by atoms with Crippen LogP contribution in [0.3, 0.4) is 0 Å². The van der Waals surface area contributed by atoms with E-state index < -0.39 is 24.3 Å². The van der Waals surface area contributed by atoms with Crippen molar-refractivity contribution in [3.05, 3.63) is 35.4 Å². The Kier molecular flexibility index (Phi) is 20.0. The molecule has 254 valence electrons. The predicted molar refractivity (Wildman–Crippen MR) is 175 cm³/mol. The summed E-state index contributed by atoms with van der Waals surface area (Å²) < 4.78 is 14.3. The van der Waals surface area contributed by atoms with Crippen LogP contribution in [0.1, 0.15) is 133 Å². The standard InChI is InChI=1S/C34H56N4O7/c1-27(38-45-24-23-42-34(41)37-31(25-43-32(35)39)26-44-33(36)40)28-19-21-30(22-20-28)29-17-15-13-11-9-7-5-3-2-4-6-8-10-12-14-16-18-29/h19-22,29,31H,2-18,23-26H2,1H3,(H2,35,39)(H2,36,40)(H,37,41)/b38-27+. The Balaban J connectivity index is 1.79. The lowest BCUT2D eigenvalue weighted by Gasteiger charge is -2.18. The second-order valence-corrected chi connectivity index (χ2v) is 11.9. The lowest BCUT2D eigenvalue weighted by Crippen LogP contribution is -2.43. The Morgan fingerprint density at radius 3 is 1.60 bits per heavy atom. The molecule has 0 radical (unpaired) electrons. The zero-order valence-corrected chi connectivity index (χ0v) is 27.3. The molecule has 11 nitrogen and oxygen atoms in total. The molecule has 1 aromatic rings. The van der Waals surface area contributed by atoms with Crippen LogP contribution in [0.15, 0.2) is 29.4 Å². The van der Waals surface area contributed by atoms with Gasteiger partial charge in [-0.1, -0.05) is 126 Å². The number of alkyl carbamates (subject to hydrolysis) is 1. The zero-order chi connectivity index (χ0) is 32.5. The molecular weight excluding hydrogens is 576 g/mol. The molecule has 0 spiro atoms. The first-order valence-corrected chi connectivity index (χ1v) is 16.9. The van der Waals surface area contributed by atoms with Crippen LogP contribution in [-0.4, -0.2) is 56.5 Å². The van der Waals surface area contributed by atoms with E-state index in [0.717, 1.165) is 11.3 Å². The fourth-order valence-corrected chi connectivity index (χ4v) is 5.63. The number of benzene rings is 1. The van der Waals surface area contributed by atoms with Crippen molar-refractivity contribution in [3.63, 3.8) is 0 Å². The van der Waals surface area contributed by atoms with Gasteiger partial charge >= 0.3 is 18.3 Å². The van der Waals surface area contributed by atoms with Gasteiger partial charge in [-0.15, -0.1) is 0 Å². The van der Waals surface area contributed by atoms with Crippen molar-refractivity contribution in [2.75, 3.05) is 26.4 Å². The second-order valence-electron chi connectivity index (χ2n) is 11.9. The number of hydrogen-bond donors (Lipinski definition) is 3. The molecule has 1 fully saturated rings. The molecule has 45 heavy (non-hydrogen) atoms. The molecule has 1 saturated carbocycles. The Morgan fingerprint density at radius 2 is 1.16 bits per heavy atom. The number of nitrogens with zero attached hydrogens (tertiary/aromatic N) is 1. The number of oxime groups is 1. The van der Waals surface area contributed by atoms with Crippen molar-refractivity contribution in [3.8, 4) is 0 Å². The topological polar surface area (TPSA) is 165 Å². The van der Waals surface area contributed by atoms with E-state index in [1.807, 2.05) is 6.92 Å². The maximum absolute atomic E-state index is 12.0. The molecule has 0 aromatic heterocycles. The van der Waals surface area contributed by atoms with Crippen molar-refractivity contribution in [2.45, 2.75) is 128 Å². The molecule has 0 aliphatic heterocycles. The summed E-state index contributed by atoms with van der Waals surface area (Å²) in [5.41, 5.74) is 13.0. The minimum atomic E-state index is -1.04. The first-order chi connectivity index (χ1) is 21.8. The van der Waals surface area contributed by atoms with Gasteiger partial charge in [-0.25, -0.2) is 14.4 Å². The minimum absolute atomic E-state index is 0.0329. The van der Waals surface area contributed by atoms with Gasteiger partial charge in [0, 0.05) is 0 Å². The number of amides is 3.